The molecule has 0 radical (unpaired) electrons. The van der Waals surface area contributed by atoms with Crippen molar-refractivity contribution in [3.63, 3.8) is 0 Å². The standard InChI is InChI=1S/C26H26FN5O2/c1-2-3-9-21-28-24(22-23(30-34-25(22)29-21)18-7-5-4-6-8-18)31-14-16-32(17-15-31)26(33)19-10-12-20(27)13-11-19/h4-8,10-13H,2-3,9,14-17H2,1H3. The molecule has 0 atom stereocenters. The zero-order valence-corrected chi connectivity index (χ0v) is 19.1. The number of unbranched alkanes of at least 4 members (excludes halogenated alkanes) is 1. The molecule has 7 nitrogen and oxygen atoms in total. The van der Waals surface area contributed by atoms with Crippen LogP contribution in [-0.2, 0) is 6.42 Å². The summed E-state index contributed by atoms with van der Waals surface area (Å²) in [6.45, 7) is 4.45. The van der Waals surface area contributed by atoms with Gasteiger partial charge in [0, 0.05) is 43.7 Å². The summed E-state index contributed by atoms with van der Waals surface area (Å²) in [7, 11) is 0. The quantitative estimate of drug-likeness (QED) is 0.415. The number of hydrogen-bond donors (Lipinski definition) is 0. The first-order valence-corrected chi connectivity index (χ1v) is 11.7. The van der Waals surface area contributed by atoms with Gasteiger partial charge in [-0.3, -0.25) is 4.79 Å². The van der Waals surface area contributed by atoms with Crippen LogP contribution in [0.25, 0.3) is 22.4 Å². The van der Waals surface area contributed by atoms with E-state index in [0.717, 1.165) is 47.5 Å². The molecule has 174 valence electrons. The van der Waals surface area contributed by atoms with Crippen LogP contribution >= 0.6 is 0 Å². The molecule has 34 heavy (non-hydrogen) atoms. The van der Waals surface area contributed by atoms with Crippen molar-refractivity contribution in [3.05, 3.63) is 71.8 Å². The number of amides is 1. The number of anilines is 1. The van der Waals surface area contributed by atoms with Gasteiger partial charge in [-0.25, -0.2) is 9.37 Å². The Hall–Kier alpha value is -3.81. The van der Waals surface area contributed by atoms with Gasteiger partial charge in [-0.05, 0) is 30.7 Å². The minimum absolute atomic E-state index is 0.0916. The summed E-state index contributed by atoms with van der Waals surface area (Å²) in [6, 6.07) is 15.6. The van der Waals surface area contributed by atoms with E-state index in [2.05, 4.69) is 22.0 Å². The van der Waals surface area contributed by atoms with Crippen LogP contribution in [0.1, 0.15) is 35.9 Å². The Morgan fingerprint density at radius 2 is 1.74 bits per heavy atom. The zero-order valence-electron chi connectivity index (χ0n) is 19.1. The van der Waals surface area contributed by atoms with Gasteiger partial charge in [0.05, 0.1) is 0 Å². The fourth-order valence-electron chi connectivity index (χ4n) is 4.24. The monoisotopic (exact) mass is 459 g/mol. The number of carbonyl (C=O) groups excluding carboxylic acids is 1. The number of aromatic nitrogens is 3. The minimum atomic E-state index is -0.351. The molecular formula is C26H26FN5O2. The van der Waals surface area contributed by atoms with E-state index in [0.29, 0.717) is 37.5 Å². The Morgan fingerprint density at radius 1 is 1.00 bits per heavy atom. The molecule has 4 aromatic rings. The van der Waals surface area contributed by atoms with Crippen molar-refractivity contribution in [2.24, 2.45) is 0 Å². The van der Waals surface area contributed by atoms with Gasteiger partial charge in [-0.2, -0.15) is 4.98 Å². The molecule has 0 spiro atoms. The summed E-state index contributed by atoms with van der Waals surface area (Å²) in [5.41, 5.74) is 2.64. The molecule has 1 amide bonds. The third-order valence-electron chi connectivity index (χ3n) is 6.12. The van der Waals surface area contributed by atoms with Gasteiger partial charge in [0.1, 0.15) is 28.5 Å². The summed E-state index contributed by atoms with van der Waals surface area (Å²) >= 11 is 0. The average Bonchev–Trinajstić information content (AvgIpc) is 3.32. The van der Waals surface area contributed by atoms with E-state index in [1.807, 2.05) is 30.3 Å². The molecule has 0 unspecified atom stereocenters. The molecule has 8 heteroatoms. The molecule has 1 aliphatic rings. The van der Waals surface area contributed by atoms with Crippen molar-refractivity contribution in [2.45, 2.75) is 26.2 Å². The number of carbonyl (C=O) groups is 1. The van der Waals surface area contributed by atoms with Gasteiger partial charge in [-0.1, -0.05) is 48.8 Å². The number of benzene rings is 2. The highest BCUT2D eigenvalue weighted by Crippen LogP contribution is 2.34. The third-order valence-corrected chi connectivity index (χ3v) is 6.12. The van der Waals surface area contributed by atoms with Gasteiger partial charge in [0.25, 0.3) is 11.6 Å². The molecule has 3 heterocycles. The largest absolute Gasteiger partial charge is 0.352 e. The van der Waals surface area contributed by atoms with Crippen molar-refractivity contribution in [1.29, 1.82) is 0 Å². The Morgan fingerprint density at radius 3 is 2.44 bits per heavy atom. The summed E-state index contributed by atoms with van der Waals surface area (Å²) < 4.78 is 18.9. The van der Waals surface area contributed by atoms with Crippen molar-refractivity contribution in [1.82, 2.24) is 20.0 Å². The number of halogens is 1. The normalized spacial score (nSPS) is 14.1. The molecule has 1 fully saturated rings. The van der Waals surface area contributed by atoms with E-state index in [9.17, 15) is 9.18 Å². The maximum absolute atomic E-state index is 13.2. The second-order valence-corrected chi connectivity index (χ2v) is 8.43. The van der Waals surface area contributed by atoms with E-state index in [1.54, 1.807) is 4.90 Å². The lowest BCUT2D eigenvalue weighted by molar-refractivity contribution is 0.0746. The highest BCUT2D eigenvalue weighted by molar-refractivity contribution is 5.98. The van der Waals surface area contributed by atoms with Crippen LogP contribution in [0, 0.1) is 5.82 Å². The Labute approximate surface area is 197 Å². The van der Waals surface area contributed by atoms with Gasteiger partial charge >= 0.3 is 0 Å². The second kappa shape index (κ2) is 9.59. The predicted molar refractivity (Wildman–Crippen MR) is 128 cm³/mol. The molecular weight excluding hydrogens is 433 g/mol. The van der Waals surface area contributed by atoms with Crippen molar-refractivity contribution in [3.8, 4) is 11.3 Å². The third kappa shape index (κ3) is 4.35. The zero-order chi connectivity index (χ0) is 23.5. The topological polar surface area (TPSA) is 75.4 Å². The SMILES string of the molecule is CCCCc1nc(N2CCN(C(=O)c3ccc(F)cc3)CC2)c2c(-c3ccccc3)noc2n1. The van der Waals surface area contributed by atoms with Crippen molar-refractivity contribution < 1.29 is 13.7 Å². The van der Waals surface area contributed by atoms with E-state index in [4.69, 9.17) is 9.51 Å². The summed E-state index contributed by atoms with van der Waals surface area (Å²) in [5, 5.41) is 5.13. The summed E-state index contributed by atoms with van der Waals surface area (Å²) in [5.74, 6) is 1.09. The van der Waals surface area contributed by atoms with Gasteiger partial charge in [0.15, 0.2) is 0 Å². The Balaban J connectivity index is 1.44. The van der Waals surface area contributed by atoms with E-state index < -0.39 is 0 Å². The molecule has 2 aromatic carbocycles. The first-order valence-electron chi connectivity index (χ1n) is 11.7. The number of aryl methyl sites for hydroxylation is 1. The first-order chi connectivity index (χ1) is 16.6. The molecule has 5 rings (SSSR count). The Kier molecular flexibility index (Phi) is 6.20. The van der Waals surface area contributed by atoms with E-state index in [-0.39, 0.29) is 11.7 Å². The first kappa shape index (κ1) is 22.0. The van der Waals surface area contributed by atoms with Crippen LogP contribution in [0.15, 0.2) is 59.1 Å². The lowest BCUT2D eigenvalue weighted by Crippen LogP contribution is -2.49. The van der Waals surface area contributed by atoms with Crippen LogP contribution in [0.2, 0.25) is 0 Å². The van der Waals surface area contributed by atoms with Crippen LogP contribution in [0.4, 0.5) is 10.2 Å². The maximum atomic E-state index is 13.2. The second-order valence-electron chi connectivity index (χ2n) is 8.43. The van der Waals surface area contributed by atoms with E-state index in [1.165, 1.54) is 24.3 Å². The number of fused-ring (bicyclic) bond motifs is 1. The van der Waals surface area contributed by atoms with Crippen LogP contribution in [0.5, 0.6) is 0 Å². The highest BCUT2D eigenvalue weighted by Gasteiger charge is 2.27. The minimum Gasteiger partial charge on any atom is -0.352 e. The van der Waals surface area contributed by atoms with Gasteiger partial charge in [-0.15, -0.1) is 0 Å². The Bertz CT molecular complexity index is 1280. The van der Waals surface area contributed by atoms with Crippen LogP contribution in [-0.4, -0.2) is 52.1 Å². The van der Waals surface area contributed by atoms with Crippen LogP contribution in [0.3, 0.4) is 0 Å². The summed E-state index contributed by atoms with van der Waals surface area (Å²) in [6.07, 6.45) is 2.81. The van der Waals surface area contributed by atoms with Gasteiger partial charge in [0.2, 0.25) is 0 Å². The summed E-state index contributed by atoms with van der Waals surface area (Å²) in [4.78, 5) is 26.4. The maximum Gasteiger partial charge on any atom is 0.263 e. The van der Waals surface area contributed by atoms with Crippen LogP contribution < -0.4 is 4.90 Å². The van der Waals surface area contributed by atoms with Gasteiger partial charge < -0.3 is 14.3 Å². The molecule has 2 aromatic heterocycles. The smallest absolute Gasteiger partial charge is 0.263 e. The number of rotatable bonds is 6. The predicted octanol–water partition coefficient (Wildman–Crippen LogP) is 4.73. The fraction of sp³-hybridized carbons (Fsp3) is 0.308. The number of hydrogen-bond acceptors (Lipinski definition) is 6. The molecule has 1 aliphatic heterocycles. The molecule has 0 aliphatic carbocycles. The van der Waals surface area contributed by atoms with Crippen molar-refractivity contribution in [2.75, 3.05) is 31.1 Å². The lowest BCUT2D eigenvalue weighted by Gasteiger charge is -2.35. The van der Waals surface area contributed by atoms with E-state index >= 15 is 0 Å². The molecule has 1 saturated heterocycles. The fourth-order valence-corrected chi connectivity index (χ4v) is 4.24. The highest BCUT2D eigenvalue weighted by atomic mass is 19.1. The lowest BCUT2D eigenvalue weighted by atomic mass is 10.1. The number of piperazine rings is 1. The molecule has 0 saturated carbocycles. The number of nitrogens with zero attached hydrogens (tertiary/aromatic N) is 5. The van der Waals surface area contributed by atoms with Crippen molar-refractivity contribution >= 4 is 22.8 Å². The molecule has 0 N–H and O–H groups in total. The average molecular weight is 460 g/mol. The molecule has 0 bridgehead atoms.